The number of nitrogens with one attached hydrogen (secondary N) is 1. The third-order valence-electron chi connectivity index (χ3n) is 5.48. The Morgan fingerprint density at radius 1 is 1.04 bits per heavy atom. The summed E-state index contributed by atoms with van der Waals surface area (Å²) in [5.74, 6) is 0.876. The summed E-state index contributed by atoms with van der Waals surface area (Å²) in [6.07, 6.45) is 3.25. The molecule has 1 heterocycles. The van der Waals surface area contributed by atoms with Crippen molar-refractivity contribution in [3.05, 3.63) is 65.7 Å². The molecule has 0 saturated carbocycles. The van der Waals surface area contributed by atoms with E-state index in [1.54, 1.807) is 7.11 Å². The first-order chi connectivity index (χ1) is 13.2. The fraction of sp³-hybridized carbons (Fsp3) is 0.435. The van der Waals surface area contributed by atoms with Crippen LogP contribution in [0, 0.1) is 0 Å². The topological polar surface area (TPSA) is 41.6 Å². The Balaban J connectivity index is 1.70. The maximum absolute atomic E-state index is 12.9. The van der Waals surface area contributed by atoms with Crippen LogP contribution in [0.15, 0.2) is 54.6 Å². The zero-order chi connectivity index (χ0) is 19.1. The maximum Gasteiger partial charge on any atom is 0.227 e. The van der Waals surface area contributed by atoms with Gasteiger partial charge in [0, 0.05) is 6.54 Å². The average molecular weight is 367 g/mol. The van der Waals surface area contributed by atoms with Crippen molar-refractivity contribution >= 4 is 5.91 Å². The number of benzene rings is 2. The SMILES string of the molecule is CC[C@H](C(=O)NC[C@@H](c1ccc(OC)cc1)N1CCCC1)c1ccccc1. The Kier molecular flexibility index (Phi) is 6.88. The monoisotopic (exact) mass is 366 g/mol. The van der Waals surface area contributed by atoms with Gasteiger partial charge in [0.1, 0.15) is 5.75 Å². The zero-order valence-electron chi connectivity index (χ0n) is 16.4. The molecule has 2 aromatic rings. The third-order valence-corrected chi connectivity index (χ3v) is 5.48. The molecular weight excluding hydrogens is 336 g/mol. The Morgan fingerprint density at radius 2 is 1.70 bits per heavy atom. The van der Waals surface area contributed by atoms with Crippen LogP contribution in [0.3, 0.4) is 0 Å². The summed E-state index contributed by atoms with van der Waals surface area (Å²) < 4.78 is 5.28. The van der Waals surface area contributed by atoms with Gasteiger partial charge in [-0.2, -0.15) is 0 Å². The van der Waals surface area contributed by atoms with E-state index in [0.29, 0.717) is 6.54 Å². The van der Waals surface area contributed by atoms with Gasteiger partial charge >= 0.3 is 0 Å². The van der Waals surface area contributed by atoms with E-state index in [1.165, 1.54) is 18.4 Å². The van der Waals surface area contributed by atoms with Crippen molar-refractivity contribution in [2.45, 2.75) is 38.1 Å². The number of amides is 1. The molecule has 4 nitrogen and oxygen atoms in total. The zero-order valence-corrected chi connectivity index (χ0v) is 16.4. The van der Waals surface area contributed by atoms with Gasteiger partial charge in [-0.1, -0.05) is 49.4 Å². The van der Waals surface area contributed by atoms with Gasteiger partial charge in [0.05, 0.1) is 19.1 Å². The number of likely N-dealkylation sites (tertiary alicyclic amines) is 1. The summed E-state index contributed by atoms with van der Waals surface area (Å²) >= 11 is 0. The fourth-order valence-electron chi connectivity index (χ4n) is 3.92. The second-order valence-electron chi connectivity index (χ2n) is 7.15. The van der Waals surface area contributed by atoms with E-state index in [9.17, 15) is 4.79 Å². The van der Waals surface area contributed by atoms with Gasteiger partial charge < -0.3 is 10.1 Å². The van der Waals surface area contributed by atoms with E-state index >= 15 is 0 Å². The van der Waals surface area contributed by atoms with Gasteiger partial charge in [0.15, 0.2) is 0 Å². The van der Waals surface area contributed by atoms with Crippen molar-refractivity contribution < 1.29 is 9.53 Å². The number of carbonyl (C=O) groups is 1. The van der Waals surface area contributed by atoms with Crippen LogP contribution in [0.2, 0.25) is 0 Å². The molecule has 1 aliphatic heterocycles. The number of methoxy groups -OCH3 is 1. The highest BCUT2D eigenvalue weighted by molar-refractivity contribution is 5.83. The van der Waals surface area contributed by atoms with Gasteiger partial charge in [-0.3, -0.25) is 9.69 Å². The number of carbonyl (C=O) groups excluding carboxylic acids is 1. The number of hydrogen-bond acceptors (Lipinski definition) is 3. The van der Waals surface area contributed by atoms with E-state index in [-0.39, 0.29) is 17.9 Å². The molecule has 2 aromatic carbocycles. The summed E-state index contributed by atoms with van der Waals surface area (Å²) in [4.78, 5) is 15.4. The smallest absolute Gasteiger partial charge is 0.227 e. The van der Waals surface area contributed by atoms with E-state index in [0.717, 1.165) is 30.8 Å². The highest BCUT2D eigenvalue weighted by Gasteiger charge is 2.25. The average Bonchev–Trinajstić information content (AvgIpc) is 3.24. The third kappa shape index (κ3) is 4.89. The molecule has 1 N–H and O–H groups in total. The molecule has 4 heteroatoms. The lowest BCUT2D eigenvalue weighted by Gasteiger charge is -2.29. The van der Waals surface area contributed by atoms with Gasteiger partial charge in [-0.25, -0.2) is 0 Å². The molecule has 1 fully saturated rings. The summed E-state index contributed by atoms with van der Waals surface area (Å²) in [5, 5.41) is 3.22. The van der Waals surface area contributed by atoms with E-state index < -0.39 is 0 Å². The molecule has 0 radical (unpaired) electrons. The van der Waals surface area contributed by atoms with Gasteiger partial charge in [0.2, 0.25) is 5.91 Å². The maximum atomic E-state index is 12.9. The van der Waals surface area contributed by atoms with Crippen LogP contribution in [0.4, 0.5) is 0 Å². The molecule has 1 amide bonds. The number of hydrogen-bond donors (Lipinski definition) is 1. The van der Waals surface area contributed by atoms with Crippen LogP contribution in [-0.2, 0) is 4.79 Å². The highest BCUT2D eigenvalue weighted by Crippen LogP contribution is 2.27. The summed E-state index contributed by atoms with van der Waals surface area (Å²) in [6.45, 7) is 4.87. The normalized spacial score (nSPS) is 16.7. The van der Waals surface area contributed by atoms with Crippen LogP contribution in [-0.4, -0.2) is 37.6 Å². The van der Waals surface area contributed by atoms with Crippen molar-refractivity contribution in [3.8, 4) is 5.75 Å². The molecule has 1 aliphatic rings. The Hall–Kier alpha value is -2.33. The van der Waals surface area contributed by atoms with Crippen LogP contribution in [0.5, 0.6) is 5.75 Å². The second-order valence-corrected chi connectivity index (χ2v) is 7.15. The van der Waals surface area contributed by atoms with Crippen molar-refractivity contribution in [1.82, 2.24) is 10.2 Å². The molecule has 2 atom stereocenters. The fourth-order valence-corrected chi connectivity index (χ4v) is 3.92. The number of rotatable bonds is 8. The van der Waals surface area contributed by atoms with Crippen molar-refractivity contribution in [3.63, 3.8) is 0 Å². The number of nitrogens with zero attached hydrogens (tertiary/aromatic N) is 1. The van der Waals surface area contributed by atoms with Crippen molar-refractivity contribution in [2.75, 3.05) is 26.7 Å². The molecule has 0 aromatic heterocycles. The minimum Gasteiger partial charge on any atom is -0.497 e. The number of ether oxygens (including phenoxy) is 1. The van der Waals surface area contributed by atoms with Crippen molar-refractivity contribution in [2.24, 2.45) is 0 Å². The van der Waals surface area contributed by atoms with E-state index in [1.807, 2.05) is 42.5 Å². The highest BCUT2D eigenvalue weighted by atomic mass is 16.5. The van der Waals surface area contributed by atoms with Gasteiger partial charge in [-0.15, -0.1) is 0 Å². The summed E-state index contributed by atoms with van der Waals surface area (Å²) in [6, 6.07) is 18.5. The molecule has 3 rings (SSSR count). The lowest BCUT2D eigenvalue weighted by molar-refractivity contribution is -0.122. The Morgan fingerprint density at radius 3 is 2.30 bits per heavy atom. The molecular formula is C23H30N2O2. The summed E-state index contributed by atoms with van der Waals surface area (Å²) in [7, 11) is 1.68. The predicted octanol–water partition coefficient (Wildman–Crippen LogP) is 4.14. The van der Waals surface area contributed by atoms with Gasteiger partial charge in [-0.05, 0) is 55.6 Å². The first kappa shape index (κ1) is 19.4. The van der Waals surface area contributed by atoms with Gasteiger partial charge in [0.25, 0.3) is 0 Å². The Bertz CT molecular complexity index is 709. The van der Waals surface area contributed by atoms with Crippen LogP contribution in [0.1, 0.15) is 49.3 Å². The summed E-state index contributed by atoms with van der Waals surface area (Å²) in [5.41, 5.74) is 2.31. The molecule has 0 unspecified atom stereocenters. The molecule has 0 spiro atoms. The van der Waals surface area contributed by atoms with E-state index in [2.05, 4.69) is 29.3 Å². The molecule has 144 valence electrons. The first-order valence-electron chi connectivity index (χ1n) is 9.93. The lowest BCUT2D eigenvalue weighted by atomic mass is 9.95. The Labute approximate surface area is 162 Å². The predicted molar refractivity (Wildman–Crippen MR) is 109 cm³/mol. The molecule has 27 heavy (non-hydrogen) atoms. The molecule has 1 saturated heterocycles. The largest absolute Gasteiger partial charge is 0.497 e. The van der Waals surface area contributed by atoms with Crippen LogP contribution >= 0.6 is 0 Å². The van der Waals surface area contributed by atoms with Crippen LogP contribution in [0.25, 0.3) is 0 Å². The van der Waals surface area contributed by atoms with Crippen molar-refractivity contribution in [1.29, 1.82) is 0 Å². The van der Waals surface area contributed by atoms with E-state index in [4.69, 9.17) is 4.74 Å². The quantitative estimate of drug-likeness (QED) is 0.763. The molecule has 0 bridgehead atoms. The lowest BCUT2D eigenvalue weighted by Crippen LogP contribution is -2.38. The standard InChI is InChI=1S/C23H30N2O2/c1-3-21(18-9-5-4-6-10-18)23(26)24-17-22(25-15-7-8-16-25)19-11-13-20(27-2)14-12-19/h4-6,9-14,21-22H,3,7-8,15-17H2,1-2H3,(H,24,26)/t21-,22-/m0/s1. The first-order valence-corrected chi connectivity index (χ1v) is 9.93. The van der Waals surface area contributed by atoms with Crippen LogP contribution < -0.4 is 10.1 Å². The minimum atomic E-state index is -0.0960. The second kappa shape index (κ2) is 9.56. The minimum absolute atomic E-state index is 0.0960. The molecule has 0 aliphatic carbocycles.